The molecule has 1 saturated heterocycles. The van der Waals surface area contributed by atoms with Gasteiger partial charge in [-0.15, -0.1) is 0 Å². The number of benzene rings is 1. The summed E-state index contributed by atoms with van der Waals surface area (Å²) in [5, 5.41) is 6.43. The van der Waals surface area contributed by atoms with Crippen LogP contribution in [0.15, 0.2) is 24.3 Å². The summed E-state index contributed by atoms with van der Waals surface area (Å²) in [6.45, 7) is 20.0. The lowest BCUT2D eigenvalue weighted by atomic mass is 9.97. The zero-order valence-corrected chi connectivity index (χ0v) is 52.5. The molecule has 8 atom stereocenters. The molecule has 1 heterocycles. The number of unbranched alkanes of at least 4 members (excludes halogenated alkanes) is 25. The Labute approximate surface area is 489 Å². The van der Waals surface area contributed by atoms with Gasteiger partial charge in [-0.05, 0) is 82.1 Å². The number of ether oxygens (including phenoxy) is 8. The Morgan fingerprint density at radius 2 is 0.963 bits per heavy atom. The highest BCUT2D eigenvalue weighted by Crippen LogP contribution is 2.31. The standard InChI is InChI=1S/C67H123FN2O10/c1-8-15-22-23-24-25-26-27-29-32-35-38-41-59(74-49-17-10-3)62(75-50-18-11-4)58(70-61(71)42-39-36-33-30-28-31-34-37-40-47-69-66(72)56-43-45-57(68)46-44-56)54-79-67-65(78-53-21-14-7)64(77-52-20-13-6)63(76-51-19-12-5)60(80-67)55-73-48-16-9-2/h43-46,58-60,62-65,67H,8-42,47-55H2,1-7H3,(H,69,72)(H,70,71)/t58-,59+,60?,62-,63-,64-,65?,67-/m0/s1. The SMILES string of the molecule is CCCCCCCCCCCCCC[C@@H](OCCCC)[C@@H](OCCCC)[C@H](CO[C@H]1OC(COCCCC)[C@H](OCCCC)[C@H](OCCCC)C1OCCCC)NC(=O)CCCCCCCCCCCNC(=O)c1ccc(F)cc1. The number of hydrogen-bond donors (Lipinski definition) is 2. The van der Waals surface area contributed by atoms with Gasteiger partial charge in [-0.3, -0.25) is 9.59 Å². The van der Waals surface area contributed by atoms with Crippen molar-refractivity contribution in [2.45, 2.75) is 322 Å². The molecule has 0 bridgehead atoms. The molecule has 1 aromatic rings. The zero-order valence-electron chi connectivity index (χ0n) is 52.5. The molecule has 0 aliphatic carbocycles. The molecule has 1 aliphatic heterocycles. The van der Waals surface area contributed by atoms with Crippen molar-refractivity contribution in [1.29, 1.82) is 0 Å². The van der Waals surface area contributed by atoms with Gasteiger partial charge in [0.25, 0.3) is 5.91 Å². The number of carbonyl (C=O) groups is 2. The Kier molecular flexibility index (Phi) is 48.3. The van der Waals surface area contributed by atoms with Crippen LogP contribution in [-0.4, -0.2) is 120 Å². The third-order valence-corrected chi connectivity index (χ3v) is 15.4. The third kappa shape index (κ3) is 35.8. The van der Waals surface area contributed by atoms with Gasteiger partial charge in [-0.25, -0.2) is 4.39 Å². The van der Waals surface area contributed by atoms with Crippen LogP contribution in [0.25, 0.3) is 0 Å². The van der Waals surface area contributed by atoms with E-state index in [-0.39, 0.29) is 30.3 Å². The van der Waals surface area contributed by atoms with Gasteiger partial charge in [-0.2, -0.15) is 0 Å². The number of rotatable bonds is 57. The minimum Gasteiger partial charge on any atom is -0.379 e. The first kappa shape index (κ1) is 73.9. The van der Waals surface area contributed by atoms with Crippen LogP contribution in [0.5, 0.6) is 0 Å². The highest BCUT2D eigenvalue weighted by atomic mass is 19.1. The molecule has 1 aromatic carbocycles. The molecule has 13 heteroatoms. The van der Waals surface area contributed by atoms with Crippen LogP contribution in [0, 0.1) is 5.82 Å². The van der Waals surface area contributed by atoms with Gasteiger partial charge in [0.05, 0.1) is 25.4 Å². The number of halogens is 1. The second-order valence-corrected chi connectivity index (χ2v) is 22.9. The molecular weight excluding hydrogens is 1010 g/mol. The van der Waals surface area contributed by atoms with E-state index in [4.69, 9.17) is 37.9 Å². The Balaban J connectivity index is 2.30. The lowest BCUT2D eigenvalue weighted by molar-refractivity contribution is -0.325. The van der Waals surface area contributed by atoms with E-state index >= 15 is 0 Å². The fraction of sp³-hybridized carbons (Fsp3) is 0.881. The summed E-state index contributed by atoms with van der Waals surface area (Å²) in [5.41, 5.74) is 0.480. The number of nitrogens with one attached hydrogen (secondary N) is 2. The molecule has 1 aliphatic rings. The lowest BCUT2D eigenvalue weighted by Crippen LogP contribution is -2.63. The normalized spacial score (nSPS) is 18.6. The molecule has 12 nitrogen and oxygen atoms in total. The van der Waals surface area contributed by atoms with Crippen molar-refractivity contribution < 1.29 is 51.9 Å². The van der Waals surface area contributed by atoms with Crippen LogP contribution in [0.3, 0.4) is 0 Å². The Morgan fingerprint density at radius 3 is 1.52 bits per heavy atom. The second kappa shape index (κ2) is 52.3. The van der Waals surface area contributed by atoms with Crippen molar-refractivity contribution >= 4 is 11.8 Å². The van der Waals surface area contributed by atoms with Gasteiger partial charge in [-0.1, -0.05) is 209 Å². The van der Waals surface area contributed by atoms with Crippen LogP contribution in [-0.2, 0) is 42.7 Å². The number of hydrogen-bond acceptors (Lipinski definition) is 10. The largest absolute Gasteiger partial charge is 0.379 e. The van der Waals surface area contributed by atoms with Gasteiger partial charge in [0.2, 0.25) is 5.91 Å². The molecule has 0 saturated carbocycles. The molecule has 0 aromatic heterocycles. The van der Waals surface area contributed by atoms with Crippen molar-refractivity contribution in [3.05, 3.63) is 35.6 Å². The summed E-state index contributed by atoms with van der Waals surface area (Å²) >= 11 is 0. The van der Waals surface area contributed by atoms with Crippen LogP contribution in [0.1, 0.15) is 284 Å². The Hall–Kier alpha value is -2.23. The number of amides is 2. The summed E-state index contributed by atoms with van der Waals surface area (Å²) in [4.78, 5) is 26.7. The van der Waals surface area contributed by atoms with Crippen molar-refractivity contribution in [1.82, 2.24) is 10.6 Å². The molecule has 80 heavy (non-hydrogen) atoms. The van der Waals surface area contributed by atoms with E-state index < -0.39 is 42.9 Å². The van der Waals surface area contributed by atoms with Gasteiger partial charge < -0.3 is 48.5 Å². The summed E-state index contributed by atoms with van der Waals surface area (Å²) in [5.74, 6) is -0.507. The minimum absolute atomic E-state index is 0.000412. The van der Waals surface area contributed by atoms with Crippen LogP contribution >= 0.6 is 0 Å². The van der Waals surface area contributed by atoms with E-state index in [0.717, 1.165) is 154 Å². The molecule has 2 rings (SSSR count). The predicted molar refractivity (Wildman–Crippen MR) is 326 cm³/mol. The van der Waals surface area contributed by atoms with E-state index in [9.17, 15) is 14.0 Å². The van der Waals surface area contributed by atoms with E-state index in [2.05, 4.69) is 59.1 Å². The molecule has 2 unspecified atom stereocenters. The summed E-state index contributed by atoms with van der Waals surface area (Å²) in [6, 6.07) is 5.15. The highest BCUT2D eigenvalue weighted by molar-refractivity contribution is 5.94. The molecule has 2 amide bonds. The smallest absolute Gasteiger partial charge is 0.251 e. The minimum atomic E-state index is -0.801. The first-order valence-corrected chi connectivity index (χ1v) is 33.5. The topological polar surface area (TPSA) is 132 Å². The predicted octanol–water partition coefficient (Wildman–Crippen LogP) is 16.5. The van der Waals surface area contributed by atoms with Crippen LogP contribution in [0.4, 0.5) is 4.39 Å². The molecule has 0 spiro atoms. The van der Waals surface area contributed by atoms with Crippen molar-refractivity contribution in [2.75, 3.05) is 59.4 Å². The van der Waals surface area contributed by atoms with Gasteiger partial charge >= 0.3 is 0 Å². The van der Waals surface area contributed by atoms with E-state index in [1.807, 2.05) is 0 Å². The third-order valence-electron chi connectivity index (χ3n) is 15.4. The van der Waals surface area contributed by atoms with Crippen molar-refractivity contribution in [3.8, 4) is 0 Å². The number of carbonyl (C=O) groups excluding carboxylic acids is 2. The maximum Gasteiger partial charge on any atom is 0.251 e. The van der Waals surface area contributed by atoms with Crippen molar-refractivity contribution in [2.24, 2.45) is 0 Å². The van der Waals surface area contributed by atoms with E-state index in [1.165, 1.54) is 88.5 Å². The van der Waals surface area contributed by atoms with Gasteiger partial charge in [0.1, 0.15) is 36.3 Å². The fourth-order valence-electron chi connectivity index (χ4n) is 10.3. The Bertz CT molecular complexity index is 1540. The van der Waals surface area contributed by atoms with Gasteiger partial charge in [0, 0.05) is 58.2 Å². The molecule has 1 fully saturated rings. The molecule has 2 N–H and O–H groups in total. The average molecular weight is 1140 g/mol. The molecular formula is C67H123FN2O10. The quantitative estimate of drug-likeness (QED) is 0.0608. The van der Waals surface area contributed by atoms with Crippen LogP contribution < -0.4 is 10.6 Å². The first-order chi connectivity index (χ1) is 39.3. The summed E-state index contributed by atoms with van der Waals surface area (Å²) < 4.78 is 67.7. The summed E-state index contributed by atoms with van der Waals surface area (Å²) in [7, 11) is 0. The van der Waals surface area contributed by atoms with Crippen molar-refractivity contribution in [3.63, 3.8) is 0 Å². The fourth-order valence-corrected chi connectivity index (χ4v) is 10.3. The van der Waals surface area contributed by atoms with E-state index in [1.54, 1.807) is 0 Å². The lowest BCUT2D eigenvalue weighted by Gasteiger charge is -2.46. The van der Waals surface area contributed by atoms with E-state index in [0.29, 0.717) is 64.8 Å². The average Bonchev–Trinajstić information content (AvgIpc) is 3.52. The van der Waals surface area contributed by atoms with Gasteiger partial charge in [0.15, 0.2) is 6.29 Å². The zero-order chi connectivity index (χ0) is 57.9. The second-order valence-electron chi connectivity index (χ2n) is 22.9. The monoisotopic (exact) mass is 1130 g/mol. The molecule has 0 radical (unpaired) electrons. The molecule has 468 valence electrons. The first-order valence-electron chi connectivity index (χ1n) is 33.5. The summed E-state index contributed by atoms with van der Waals surface area (Å²) in [6.07, 6.45) is 34.4. The maximum absolute atomic E-state index is 14.3. The Morgan fingerprint density at radius 1 is 0.500 bits per heavy atom. The van der Waals surface area contributed by atoms with Crippen LogP contribution in [0.2, 0.25) is 0 Å². The maximum atomic E-state index is 14.3. The highest BCUT2D eigenvalue weighted by Gasteiger charge is 2.49.